The van der Waals surface area contributed by atoms with E-state index < -0.39 is 13.7 Å². The first-order valence-electron chi connectivity index (χ1n) is 20.3. The molecule has 0 N–H and O–H groups in total. The van der Waals surface area contributed by atoms with Gasteiger partial charge in [0.05, 0.1) is 24.8 Å². The Bertz CT molecular complexity index is 3380. The van der Waals surface area contributed by atoms with Crippen LogP contribution in [-0.2, 0) is 12.1 Å². The van der Waals surface area contributed by atoms with Crippen LogP contribution in [0.2, 0.25) is 19.6 Å². The van der Waals surface area contributed by atoms with E-state index in [0.717, 1.165) is 45.4 Å². The Hall–Kier alpha value is -5.82. The molecule has 4 nitrogen and oxygen atoms in total. The highest BCUT2D eigenvalue weighted by Crippen LogP contribution is 2.53. The fraction of sp³-hybridized carbons (Fsp3) is 0.176. The van der Waals surface area contributed by atoms with E-state index in [2.05, 4.69) is 188 Å². The third-order valence-corrected chi connectivity index (χ3v) is 15.9. The number of benzene rings is 6. The number of nitrogens with zero attached hydrogens (tertiary/aromatic N) is 3. The van der Waals surface area contributed by atoms with Gasteiger partial charge in [-0.1, -0.05) is 93.6 Å². The van der Waals surface area contributed by atoms with Gasteiger partial charge in [0, 0.05) is 42.2 Å². The minimum atomic E-state index is -1.81. The number of imidazole rings is 1. The number of aryl methyl sites for hydroxylation is 1. The van der Waals surface area contributed by atoms with Gasteiger partial charge >= 0.3 is 11.5 Å². The molecule has 0 bridgehead atoms. The standard InChI is InChI=1S/C51H43N3OSSi/c1-30(2)25-32-27-43-37-21-19-31(3)26-40(37)51(52(43)29-47(32)57(4,5)6)39-23-22-36-34-13-7-11-17-44(34)55-49(36)48(39)50-53(41-15-9-10-16-42(41)54(50)51)33-20-24-46-38(28-33)35-14-8-12-18-45(35)56-46/h7-24,26-30H,25H2,1-6H3/q+2. The summed E-state index contributed by atoms with van der Waals surface area (Å²) in [6.07, 6.45) is 3.65. The zero-order chi connectivity index (χ0) is 38.5. The minimum Gasteiger partial charge on any atom is -0.455 e. The minimum absolute atomic E-state index is 0.557. The second-order valence-electron chi connectivity index (χ2n) is 17.8. The molecule has 0 saturated carbocycles. The Balaban J connectivity index is 1.30. The van der Waals surface area contributed by atoms with E-state index in [1.807, 2.05) is 11.3 Å². The van der Waals surface area contributed by atoms with Crippen LogP contribution in [0.25, 0.3) is 81.5 Å². The zero-order valence-corrected chi connectivity index (χ0v) is 35.0. The lowest BCUT2D eigenvalue weighted by Crippen LogP contribution is -2.72. The fourth-order valence-corrected chi connectivity index (χ4v) is 13.2. The first kappa shape index (κ1) is 33.3. The van der Waals surface area contributed by atoms with E-state index in [4.69, 9.17) is 4.42 Å². The van der Waals surface area contributed by atoms with Gasteiger partial charge in [-0.2, -0.15) is 4.57 Å². The van der Waals surface area contributed by atoms with Gasteiger partial charge in [-0.3, -0.25) is 0 Å². The van der Waals surface area contributed by atoms with Crippen molar-refractivity contribution in [2.24, 2.45) is 5.92 Å². The van der Waals surface area contributed by atoms with Gasteiger partial charge in [0.25, 0.3) is 0 Å². The Labute approximate surface area is 336 Å². The zero-order valence-electron chi connectivity index (χ0n) is 33.1. The number of furan rings is 1. The Morgan fingerprint density at radius 2 is 1.51 bits per heavy atom. The predicted octanol–water partition coefficient (Wildman–Crippen LogP) is 11.8. The molecule has 0 amide bonds. The van der Waals surface area contributed by atoms with Crippen LogP contribution in [0.1, 0.15) is 36.1 Å². The molecule has 6 aromatic carbocycles. The molecule has 1 atom stereocenters. The molecule has 0 saturated heterocycles. The number of aromatic nitrogens is 3. The molecule has 0 radical (unpaired) electrons. The van der Waals surface area contributed by atoms with Crippen LogP contribution in [0.4, 0.5) is 0 Å². The molecular weight excluding hydrogens is 731 g/mol. The van der Waals surface area contributed by atoms with Crippen LogP contribution in [0.15, 0.2) is 138 Å². The third kappa shape index (κ3) is 4.32. The summed E-state index contributed by atoms with van der Waals surface area (Å²) in [6.45, 7) is 14.5. The summed E-state index contributed by atoms with van der Waals surface area (Å²) in [4.78, 5) is 0. The maximum absolute atomic E-state index is 7.07. The first-order chi connectivity index (χ1) is 27.6. The average Bonchev–Trinajstić information content (AvgIpc) is 3.98. The summed E-state index contributed by atoms with van der Waals surface area (Å²) in [7, 11) is -1.81. The highest BCUT2D eigenvalue weighted by Gasteiger charge is 2.67. The maximum Gasteiger partial charge on any atom is 0.364 e. The quantitative estimate of drug-likeness (QED) is 0.129. The molecule has 1 spiro atoms. The van der Waals surface area contributed by atoms with E-state index in [9.17, 15) is 0 Å². The number of fused-ring (bicyclic) bond motifs is 19. The summed E-state index contributed by atoms with van der Waals surface area (Å²) in [5.41, 5.74) is 13.7. The summed E-state index contributed by atoms with van der Waals surface area (Å²) < 4.78 is 17.6. The van der Waals surface area contributed by atoms with Crippen molar-refractivity contribution in [1.29, 1.82) is 0 Å². The molecular formula is C51H43N3OSSi+2. The molecule has 10 aromatic rings. The van der Waals surface area contributed by atoms with Gasteiger partial charge in [-0.15, -0.1) is 20.5 Å². The number of rotatable bonds is 4. The smallest absolute Gasteiger partial charge is 0.364 e. The molecule has 12 rings (SSSR count). The van der Waals surface area contributed by atoms with Crippen LogP contribution >= 0.6 is 11.3 Å². The van der Waals surface area contributed by atoms with Crippen molar-refractivity contribution in [3.05, 3.63) is 156 Å². The molecule has 0 fully saturated rings. The Kier molecular flexibility index (Phi) is 6.67. The summed E-state index contributed by atoms with van der Waals surface area (Å²) in [5.74, 6) is 1.70. The molecule has 6 heterocycles. The number of hydrogen-bond donors (Lipinski definition) is 0. The summed E-state index contributed by atoms with van der Waals surface area (Å²) in [5, 5.41) is 6.41. The van der Waals surface area contributed by atoms with E-state index in [1.165, 1.54) is 69.9 Å². The van der Waals surface area contributed by atoms with E-state index >= 15 is 0 Å². The van der Waals surface area contributed by atoms with Crippen molar-refractivity contribution >= 4 is 77.7 Å². The number of pyridine rings is 1. The number of para-hydroxylation sites is 3. The Morgan fingerprint density at radius 3 is 2.35 bits per heavy atom. The lowest BCUT2D eigenvalue weighted by atomic mass is 9.88. The molecule has 4 aromatic heterocycles. The van der Waals surface area contributed by atoms with Gasteiger partial charge in [-0.25, -0.2) is 0 Å². The molecule has 6 heteroatoms. The van der Waals surface area contributed by atoms with Crippen LogP contribution in [0.5, 0.6) is 0 Å². The van der Waals surface area contributed by atoms with Crippen molar-refractivity contribution in [2.45, 2.75) is 52.5 Å². The Morgan fingerprint density at radius 1 is 0.737 bits per heavy atom. The maximum atomic E-state index is 7.07. The molecule has 57 heavy (non-hydrogen) atoms. The van der Waals surface area contributed by atoms with E-state index in [0.29, 0.717) is 5.92 Å². The SMILES string of the molecule is Cc1ccc2c(c1)C1(c3ccc4c(oc5ccccc54)c3-c3n(-c4ccc5sc6ccccc6c5c4)c4ccccc4[n+]31)[n+]1cc([Si](C)(C)C)c(CC(C)C)cc1-2. The lowest BCUT2D eigenvalue weighted by Gasteiger charge is -2.24. The molecule has 0 aliphatic carbocycles. The highest BCUT2D eigenvalue weighted by molar-refractivity contribution is 7.25. The average molecular weight is 774 g/mol. The van der Waals surface area contributed by atoms with Crippen LogP contribution in [0, 0.1) is 12.8 Å². The predicted molar refractivity (Wildman–Crippen MR) is 239 cm³/mol. The molecule has 2 aliphatic heterocycles. The number of hydrogen-bond acceptors (Lipinski definition) is 2. The fourth-order valence-electron chi connectivity index (χ4n) is 10.4. The van der Waals surface area contributed by atoms with Crippen molar-refractivity contribution in [2.75, 3.05) is 0 Å². The summed E-state index contributed by atoms with van der Waals surface area (Å²) >= 11 is 1.87. The second kappa shape index (κ2) is 11.4. The topological polar surface area (TPSA) is 25.8 Å². The van der Waals surface area contributed by atoms with Gasteiger partial charge in [0.2, 0.25) is 5.69 Å². The van der Waals surface area contributed by atoms with Gasteiger partial charge < -0.3 is 4.42 Å². The first-order valence-corrected chi connectivity index (χ1v) is 24.6. The van der Waals surface area contributed by atoms with Gasteiger partial charge in [-0.05, 0) is 91.6 Å². The monoisotopic (exact) mass is 773 g/mol. The van der Waals surface area contributed by atoms with E-state index in [-0.39, 0.29) is 0 Å². The van der Waals surface area contributed by atoms with Crippen molar-refractivity contribution in [3.63, 3.8) is 0 Å². The largest absolute Gasteiger partial charge is 0.455 e. The van der Waals surface area contributed by atoms with Gasteiger partial charge in [0.15, 0.2) is 22.8 Å². The van der Waals surface area contributed by atoms with Crippen LogP contribution < -0.4 is 14.3 Å². The van der Waals surface area contributed by atoms with E-state index in [1.54, 1.807) is 0 Å². The van der Waals surface area contributed by atoms with Crippen LogP contribution in [0.3, 0.4) is 0 Å². The van der Waals surface area contributed by atoms with Crippen molar-refractivity contribution in [1.82, 2.24) is 4.57 Å². The normalized spacial score (nSPS) is 15.8. The lowest BCUT2D eigenvalue weighted by molar-refractivity contribution is -0.944. The molecule has 276 valence electrons. The van der Waals surface area contributed by atoms with Crippen molar-refractivity contribution in [3.8, 4) is 28.3 Å². The number of thiophene rings is 1. The van der Waals surface area contributed by atoms with Crippen LogP contribution in [-0.4, -0.2) is 12.6 Å². The molecule has 2 aliphatic rings. The third-order valence-electron chi connectivity index (χ3n) is 12.7. The molecule has 1 unspecified atom stereocenters. The van der Waals surface area contributed by atoms with Crippen molar-refractivity contribution < 1.29 is 13.6 Å². The highest BCUT2D eigenvalue weighted by atomic mass is 32.1. The second-order valence-corrected chi connectivity index (χ2v) is 23.9. The summed E-state index contributed by atoms with van der Waals surface area (Å²) in [6, 6.07) is 47.9. The van der Waals surface area contributed by atoms with Gasteiger partial charge in [0.1, 0.15) is 16.8 Å².